The largest absolute Gasteiger partial charge is 0.398 e. The monoisotopic (exact) mass is 275 g/mol. The highest BCUT2D eigenvalue weighted by atomic mass is 16.2. The van der Waals surface area contributed by atoms with Gasteiger partial charge >= 0.3 is 0 Å². The van der Waals surface area contributed by atoms with Crippen LogP contribution in [0.2, 0.25) is 0 Å². The topological polar surface area (TPSA) is 110 Å². The van der Waals surface area contributed by atoms with Crippen molar-refractivity contribution in [3.05, 3.63) is 29.3 Å². The summed E-state index contributed by atoms with van der Waals surface area (Å²) in [6, 6.07) is 4.81. The summed E-state index contributed by atoms with van der Waals surface area (Å²) >= 11 is 0. The summed E-state index contributed by atoms with van der Waals surface area (Å²) in [6.45, 7) is 0. The Morgan fingerprint density at radius 2 is 1.65 bits per heavy atom. The van der Waals surface area contributed by atoms with Crippen LogP contribution in [0.5, 0.6) is 0 Å². The number of nitrogens with one attached hydrogen (secondary N) is 1. The number of benzene rings is 1. The average molecular weight is 275 g/mol. The van der Waals surface area contributed by atoms with E-state index in [0.717, 1.165) is 0 Å². The highest BCUT2D eigenvalue weighted by molar-refractivity contribution is 6.23. The number of nitrogens with two attached hydrogens (primary N) is 1. The number of carbonyl (C=O) groups is 4. The molecule has 104 valence electrons. The number of rotatable bonds is 0. The second-order valence-corrected chi connectivity index (χ2v) is 4.40. The number of anilines is 1. The van der Waals surface area contributed by atoms with Crippen molar-refractivity contribution >= 4 is 29.3 Å². The lowest BCUT2D eigenvalue weighted by atomic mass is 10.1. The van der Waals surface area contributed by atoms with Gasteiger partial charge in [-0.2, -0.15) is 0 Å². The molecule has 2 aliphatic rings. The zero-order chi connectivity index (χ0) is 14.9. The molecule has 0 saturated carbocycles. The lowest BCUT2D eigenvalue weighted by Crippen LogP contribution is -2.23. The summed E-state index contributed by atoms with van der Waals surface area (Å²) in [5.74, 6) is -0.902. The summed E-state index contributed by atoms with van der Waals surface area (Å²) in [7, 11) is 1.51. The third-order valence-electron chi connectivity index (χ3n) is 3.10. The Hall–Kier alpha value is -2.70. The molecule has 0 atom stereocenters. The van der Waals surface area contributed by atoms with Gasteiger partial charge in [-0.1, -0.05) is 6.07 Å². The second kappa shape index (κ2) is 5.12. The molecule has 0 aromatic heterocycles. The van der Waals surface area contributed by atoms with Gasteiger partial charge in [0.05, 0.1) is 11.1 Å². The first kappa shape index (κ1) is 13.7. The number of amides is 4. The van der Waals surface area contributed by atoms with Crippen molar-refractivity contribution in [3.8, 4) is 0 Å². The van der Waals surface area contributed by atoms with E-state index < -0.39 is 5.91 Å². The molecule has 2 aliphatic heterocycles. The molecular formula is C13H13N3O4. The molecule has 1 fully saturated rings. The molecule has 7 heteroatoms. The molecule has 0 bridgehead atoms. The number of likely N-dealkylation sites (tertiary alicyclic amines) is 1. The first-order chi connectivity index (χ1) is 9.41. The summed E-state index contributed by atoms with van der Waals surface area (Å²) in [5, 5.41) is 2.17. The van der Waals surface area contributed by atoms with E-state index in [0.29, 0.717) is 29.7 Å². The molecule has 0 unspecified atom stereocenters. The van der Waals surface area contributed by atoms with Gasteiger partial charge in [-0.25, -0.2) is 0 Å². The van der Waals surface area contributed by atoms with Crippen LogP contribution in [0, 0.1) is 0 Å². The van der Waals surface area contributed by atoms with Crippen molar-refractivity contribution in [2.24, 2.45) is 0 Å². The Morgan fingerprint density at radius 3 is 2.10 bits per heavy atom. The molecule has 1 saturated heterocycles. The van der Waals surface area contributed by atoms with Crippen molar-refractivity contribution in [1.82, 2.24) is 10.2 Å². The third kappa shape index (κ3) is 2.37. The van der Waals surface area contributed by atoms with Crippen LogP contribution in [-0.2, 0) is 9.59 Å². The zero-order valence-electron chi connectivity index (χ0n) is 10.8. The molecular weight excluding hydrogens is 262 g/mol. The minimum Gasteiger partial charge on any atom is -0.398 e. The Balaban J connectivity index is 0.000000160. The van der Waals surface area contributed by atoms with Crippen LogP contribution in [0.4, 0.5) is 5.69 Å². The highest BCUT2D eigenvalue weighted by Crippen LogP contribution is 2.21. The number of nitrogen functional groups attached to an aromatic ring is 1. The molecule has 7 nitrogen and oxygen atoms in total. The van der Waals surface area contributed by atoms with E-state index in [1.165, 1.54) is 11.9 Å². The van der Waals surface area contributed by atoms with Gasteiger partial charge in [-0.15, -0.1) is 0 Å². The Morgan fingerprint density at radius 1 is 1.05 bits per heavy atom. The lowest BCUT2D eigenvalue weighted by Gasteiger charge is -2.01. The summed E-state index contributed by atoms with van der Waals surface area (Å²) in [4.78, 5) is 44.3. The number of carbonyl (C=O) groups excluding carboxylic acids is 4. The van der Waals surface area contributed by atoms with Crippen molar-refractivity contribution in [1.29, 1.82) is 0 Å². The number of nitrogens with zero attached hydrogens (tertiary/aromatic N) is 1. The first-order valence-corrected chi connectivity index (χ1v) is 5.95. The summed E-state index contributed by atoms with van der Waals surface area (Å²) in [6.07, 6.45) is 0.796. The van der Waals surface area contributed by atoms with E-state index in [1.54, 1.807) is 18.2 Å². The maximum absolute atomic E-state index is 11.1. The molecule has 1 aromatic rings. The van der Waals surface area contributed by atoms with Crippen molar-refractivity contribution in [2.75, 3.05) is 12.8 Å². The second-order valence-electron chi connectivity index (χ2n) is 4.40. The quantitative estimate of drug-likeness (QED) is 0.508. The maximum Gasteiger partial charge on any atom is 0.261 e. The fourth-order valence-corrected chi connectivity index (χ4v) is 1.93. The molecule has 1 aromatic carbocycles. The van der Waals surface area contributed by atoms with Crippen LogP contribution in [-0.4, -0.2) is 35.6 Å². The van der Waals surface area contributed by atoms with E-state index in [2.05, 4.69) is 5.32 Å². The molecule has 20 heavy (non-hydrogen) atoms. The van der Waals surface area contributed by atoms with Crippen LogP contribution in [0.1, 0.15) is 33.6 Å². The van der Waals surface area contributed by atoms with Crippen molar-refractivity contribution in [2.45, 2.75) is 12.8 Å². The molecule has 0 spiro atoms. The molecule has 4 amide bonds. The lowest BCUT2D eigenvalue weighted by molar-refractivity contribution is -0.136. The Labute approximate surface area is 114 Å². The predicted octanol–water partition coefficient (Wildman–Crippen LogP) is -0.0824. The fourth-order valence-electron chi connectivity index (χ4n) is 1.93. The highest BCUT2D eigenvalue weighted by Gasteiger charge is 2.28. The van der Waals surface area contributed by atoms with Gasteiger partial charge in [-0.05, 0) is 12.1 Å². The summed E-state index contributed by atoms with van der Waals surface area (Å²) in [5.41, 5.74) is 6.51. The van der Waals surface area contributed by atoms with E-state index in [9.17, 15) is 19.2 Å². The van der Waals surface area contributed by atoms with Crippen LogP contribution in [0.15, 0.2) is 18.2 Å². The third-order valence-corrected chi connectivity index (χ3v) is 3.10. The van der Waals surface area contributed by atoms with Gasteiger partial charge in [-0.3, -0.25) is 29.4 Å². The van der Waals surface area contributed by atoms with E-state index >= 15 is 0 Å². The number of fused-ring (bicyclic) bond motifs is 1. The number of hydrogen-bond acceptors (Lipinski definition) is 5. The van der Waals surface area contributed by atoms with E-state index in [-0.39, 0.29) is 17.7 Å². The van der Waals surface area contributed by atoms with E-state index in [4.69, 9.17) is 5.73 Å². The number of imide groups is 2. The normalized spacial score (nSPS) is 16.8. The average Bonchev–Trinajstić information content (AvgIpc) is 2.86. The van der Waals surface area contributed by atoms with Gasteiger partial charge in [0, 0.05) is 25.6 Å². The van der Waals surface area contributed by atoms with Crippen LogP contribution < -0.4 is 11.1 Å². The molecule has 3 N–H and O–H groups in total. The van der Waals surface area contributed by atoms with Gasteiger partial charge in [0.25, 0.3) is 11.8 Å². The van der Waals surface area contributed by atoms with Gasteiger partial charge < -0.3 is 5.73 Å². The first-order valence-electron chi connectivity index (χ1n) is 5.95. The Kier molecular flexibility index (Phi) is 3.51. The minimum absolute atomic E-state index is 0.0602. The van der Waals surface area contributed by atoms with Gasteiger partial charge in [0.1, 0.15) is 0 Å². The van der Waals surface area contributed by atoms with E-state index in [1.807, 2.05) is 0 Å². The summed E-state index contributed by atoms with van der Waals surface area (Å²) < 4.78 is 0. The molecule has 2 heterocycles. The predicted molar refractivity (Wildman–Crippen MR) is 69.7 cm³/mol. The number of hydrogen-bond donors (Lipinski definition) is 2. The minimum atomic E-state index is -0.409. The van der Waals surface area contributed by atoms with Crippen molar-refractivity contribution < 1.29 is 19.2 Å². The van der Waals surface area contributed by atoms with Crippen LogP contribution in [0.3, 0.4) is 0 Å². The van der Waals surface area contributed by atoms with Crippen LogP contribution >= 0.6 is 0 Å². The Bertz CT molecular complexity index is 608. The SMILES string of the molecule is CN1C(=O)CCC1=O.Nc1cccc2c1C(=O)NC2=O. The molecule has 3 rings (SSSR count). The van der Waals surface area contributed by atoms with Gasteiger partial charge in [0.15, 0.2) is 0 Å². The smallest absolute Gasteiger partial charge is 0.261 e. The van der Waals surface area contributed by atoms with Gasteiger partial charge in [0.2, 0.25) is 11.8 Å². The zero-order valence-corrected chi connectivity index (χ0v) is 10.8. The van der Waals surface area contributed by atoms with Crippen LogP contribution in [0.25, 0.3) is 0 Å². The van der Waals surface area contributed by atoms with Crippen molar-refractivity contribution in [3.63, 3.8) is 0 Å². The molecule has 0 radical (unpaired) electrons. The standard InChI is InChI=1S/C8H6N2O2.C5H7NO2/c9-5-3-1-2-4-6(5)8(12)10-7(4)11;1-6-4(7)2-3-5(6)8/h1-3H,9H2,(H,10,11,12);2-3H2,1H3. The molecule has 0 aliphatic carbocycles. The fraction of sp³-hybridized carbons (Fsp3) is 0.231. The maximum atomic E-state index is 11.1.